The highest BCUT2D eigenvalue weighted by molar-refractivity contribution is 6.10. The summed E-state index contributed by atoms with van der Waals surface area (Å²) in [4.78, 5) is 35.1. The zero-order valence-corrected chi connectivity index (χ0v) is 20.7. The average Bonchev–Trinajstić information content (AvgIpc) is 3.30. The van der Waals surface area contributed by atoms with E-state index in [4.69, 9.17) is 14.9 Å². The van der Waals surface area contributed by atoms with Crippen molar-refractivity contribution in [2.45, 2.75) is 39.2 Å². The number of anilines is 1. The summed E-state index contributed by atoms with van der Waals surface area (Å²) in [5, 5.41) is 23.1. The van der Waals surface area contributed by atoms with Crippen LogP contribution in [-0.4, -0.2) is 51.7 Å². The maximum atomic E-state index is 12.8. The van der Waals surface area contributed by atoms with Gasteiger partial charge in [-0.05, 0) is 70.5 Å². The van der Waals surface area contributed by atoms with Crippen LogP contribution < -0.4 is 15.4 Å². The van der Waals surface area contributed by atoms with Gasteiger partial charge in [0.2, 0.25) is 0 Å². The van der Waals surface area contributed by atoms with Gasteiger partial charge in [0.15, 0.2) is 0 Å². The minimum absolute atomic E-state index is 0.133. The Morgan fingerprint density at radius 2 is 1.64 bits per heavy atom. The normalized spacial score (nSPS) is 11.1. The highest BCUT2D eigenvalue weighted by Gasteiger charge is 2.14. The zero-order valence-electron chi connectivity index (χ0n) is 20.7. The molecular formula is C27H33N3O6. The molecule has 0 saturated heterocycles. The largest absolute Gasteiger partial charge is 0.493 e. The van der Waals surface area contributed by atoms with Gasteiger partial charge in [0, 0.05) is 34.8 Å². The van der Waals surface area contributed by atoms with E-state index in [2.05, 4.69) is 36.4 Å². The van der Waals surface area contributed by atoms with Gasteiger partial charge in [-0.25, -0.2) is 9.59 Å². The summed E-state index contributed by atoms with van der Waals surface area (Å²) in [5.74, 6) is -2.07. The second-order valence-corrected chi connectivity index (χ2v) is 8.94. The van der Waals surface area contributed by atoms with Gasteiger partial charge in [-0.1, -0.05) is 18.2 Å². The van der Waals surface area contributed by atoms with Crippen LogP contribution in [0.15, 0.2) is 66.9 Å². The molecule has 9 heteroatoms. The Morgan fingerprint density at radius 1 is 0.944 bits per heavy atom. The number of amides is 1. The molecule has 0 aliphatic heterocycles. The predicted octanol–water partition coefficient (Wildman–Crippen LogP) is 4.68. The molecule has 0 aliphatic rings. The predicted molar refractivity (Wildman–Crippen MR) is 140 cm³/mol. The van der Waals surface area contributed by atoms with Crippen LogP contribution in [0.2, 0.25) is 0 Å². The van der Waals surface area contributed by atoms with Gasteiger partial charge in [0.25, 0.3) is 5.91 Å². The van der Waals surface area contributed by atoms with E-state index in [1.54, 1.807) is 6.07 Å². The zero-order chi connectivity index (χ0) is 26.6. The number of benzene rings is 2. The van der Waals surface area contributed by atoms with Gasteiger partial charge >= 0.3 is 11.9 Å². The number of fused-ring (bicyclic) bond motifs is 1. The van der Waals surface area contributed by atoms with Crippen molar-refractivity contribution in [1.29, 1.82) is 0 Å². The molecule has 5 N–H and O–H groups in total. The molecule has 0 aliphatic carbocycles. The molecule has 3 rings (SSSR count). The molecule has 0 radical (unpaired) electrons. The molecule has 3 aromatic rings. The maximum Gasteiger partial charge on any atom is 0.328 e. The number of H-pyrrole nitrogens is 1. The van der Waals surface area contributed by atoms with Crippen molar-refractivity contribution >= 4 is 34.4 Å². The number of nitrogens with one attached hydrogen (secondary N) is 3. The number of hydrogen-bond acceptors (Lipinski definition) is 5. The van der Waals surface area contributed by atoms with Crippen molar-refractivity contribution in [2.24, 2.45) is 0 Å². The Hall–Kier alpha value is -4.11. The molecular weight excluding hydrogens is 462 g/mol. The van der Waals surface area contributed by atoms with Crippen molar-refractivity contribution in [3.8, 4) is 5.75 Å². The number of rotatable bonds is 10. The third-order valence-corrected chi connectivity index (χ3v) is 4.83. The van der Waals surface area contributed by atoms with Crippen LogP contribution in [0.1, 0.15) is 44.0 Å². The van der Waals surface area contributed by atoms with Gasteiger partial charge in [-0.15, -0.1) is 0 Å². The highest BCUT2D eigenvalue weighted by Crippen LogP contribution is 2.25. The number of para-hydroxylation sites is 1. The molecule has 0 saturated carbocycles. The first-order chi connectivity index (χ1) is 17.1. The minimum atomic E-state index is -1.26. The Labute approximate surface area is 210 Å². The van der Waals surface area contributed by atoms with E-state index in [1.807, 2.05) is 48.7 Å². The number of carboxylic acid groups (broad SMARTS) is 2. The number of aromatic nitrogens is 1. The van der Waals surface area contributed by atoms with Crippen LogP contribution in [-0.2, 0) is 9.59 Å². The average molecular weight is 496 g/mol. The lowest BCUT2D eigenvalue weighted by molar-refractivity contribution is -0.134. The van der Waals surface area contributed by atoms with E-state index < -0.39 is 11.9 Å². The quantitative estimate of drug-likeness (QED) is 0.203. The number of carbonyl (C=O) groups excluding carboxylic acids is 1. The molecule has 192 valence electrons. The summed E-state index contributed by atoms with van der Waals surface area (Å²) in [5.41, 5.74) is 2.45. The molecule has 0 atom stereocenters. The first-order valence-corrected chi connectivity index (χ1v) is 11.5. The molecule has 36 heavy (non-hydrogen) atoms. The van der Waals surface area contributed by atoms with E-state index in [-0.39, 0.29) is 11.4 Å². The van der Waals surface area contributed by atoms with E-state index in [1.165, 1.54) is 0 Å². The number of carboxylic acids is 2. The molecule has 1 aromatic heterocycles. The fourth-order valence-corrected chi connectivity index (χ4v) is 3.18. The summed E-state index contributed by atoms with van der Waals surface area (Å²) >= 11 is 0. The number of carbonyl (C=O) groups is 3. The Kier molecular flexibility index (Phi) is 10.7. The van der Waals surface area contributed by atoms with Gasteiger partial charge in [0.1, 0.15) is 5.75 Å². The fraction of sp³-hybridized carbons (Fsp3) is 0.296. The van der Waals surface area contributed by atoms with Crippen LogP contribution in [0.25, 0.3) is 10.9 Å². The molecule has 2 aromatic carbocycles. The van der Waals surface area contributed by atoms with Crippen LogP contribution in [0, 0.1) is 0 Å². The maximum absolute atomic E-state index is 12.8. The Bertz CT molecular complexity index is 1180. The third-order valence-electron chi connectivity index (χ3n) is 4.83. The van der Waals surface area contributed by atoms with E-state index >= 15 is 0 Å². The second-order valence-electron chi connectivity index (χ2n) is 8.94. The van der Waals surface area contributed by atoms with Crippen LogP contribution in [0.4, 0.5) is 5.69 Å². The molecule has 0 fully saturated rings. The number of aromatic amines is 1. The van der Waals surface area contributed by atoms with Crippen molar-refractivity contribution < 1.29 is 29.3 Å². The smallest absolute Gasteiger partial charge is 0.328 e. The lowest BCUT2D eigenvalue weighted by Gasteiger charge is -2.20. The number of hydrogen-bond donors (Lipinski definition) is 5. The minimum Gasteiger partial charge on any atom is -0.493 e. The number of aliphatic carboxylic acids is 2. The topological polar surface area (TPSA) is 141 Å². The first-order valence-electron chi connectivity index (χ1n) is 11.5. The fourth-order valence-electron chi connectivity index (χ4n) is 3.18. The molecule has 1 heterocycles. The van der Waals surface area contributed by atoms with Gasteiger partial charge in [-0.3, -0.25) is 4.79 Å². The summed E-state index contributed by atoms with van der Waals surface area (Å²) in [7, 11) is 0. The van der Waals surface area contributed by atoms with E-state index in [0.717, 1.165) is 36.0 Å². The summed E-state index contributed by atoms with van der Waals surface area (Å²) in [6.07, 6.45) is 4.94. The standard InChI is InChI=1S/C23H29N3O2.C4H4O4/c1-23(2,3)25-14-6-7-16-28-21-12-5-4-9-18(21)22(27)26-20-11-8-10-19-17(20)13-15-24-19;5-3(6)1-2-4(7)8/h4-5,8-13,15,24-25H,6-7,14,16H2,1-3H3,(H,26,27);1-2H,(H,5,6)(H,7,8)/b;2-1+. The molecule has 0 bridgehead atoms. The van der Waals surface area contributed by atoms with Crippen molar-refractivity contribution in [2.75, 3.05) is 18.5 Å². The Morgan fingerprint density at radius 3 is 2.31 bits per heavy atom. The molecule has 1 amide bonds. The summed E-state index contributed by atoms with van der Waals surface area (Å²) < 4.78 is 5.91. The highest BCUT2D eigenvalue weighted by atomic mass is 16.5. The number of ether oxygens (including phenoxy) is 1. The van der Waals surface area contributed by atoms with E-state index in [9.17, 15) is 14.4 Å². The third kappa shape index (κ3) is 10.0. The molecule has 0 spiro atoms. The van der Waals surface area contributed by atoms with Crippen molar-refractivity contribution in [3.63, 3.8) is 0 Å². The summed E-state index contributed by atoms with van der Waals surface area (Å²) in [6, 6.07) is 15.1. The van der Waals surface area contributed by atoms with Crippen LogP contribution in [0.3, 0.4) is 0 Å². The van der Waals surface area contributed by atoms with Crippen molar-refractivity contribution in [3.05, 3.63) is 72.4 Å². The number of unbranched alkanes of at least 4 members (excludes halogenated alkanes) is 1. The van der Waals surface area contributed by atoms with Crippen LogP contribution >= 0.6 is 0 Å². The Balaban J connectivity index is 0.000000493. The van der Waals surface area contributed by atoms with Crippen molar-refractivity contribution in [1.82, 2.24) is 10.3 Å². The summed E-state index contributed by atoms with van der Waals surface area (Å²) in [6.45, 7) is 8.02. The van der Waals surface area contributed by atoms with Gasteiger partial charge in [-0.2, -0.15) is 0 Å². The second kappa shape index (κ2) is 13.7. The SMILES string of the molecule is CC(C)(C)NCCCCOc1ccccc1C(=O)Nc1cccc2[nH]ccc12.O=C(O)/C=C/C(=O)O. The van der Waals surface area contributed by atoms with Gasteiger partial charge < -0.3 is 30.6 Å². The molecule has 0 unspecified atom stereocenters. The van der Waals surface area contributed by atoms with Gasteiger partial charge in [0.05, 0.1) is 17.9 Å². The lowest BCUT2D eigenvalue weighted by Crippen LogP contribution is -2.36. The lowest BCUT2D eigenvalue weighted by atomic mass is 10.1. The van der Waals surface area contributed by atoms with Crippen LogP contribution in [0.5, 0.6) is 5.75 Å². The monoisotopic (exact) mass is 495 g/mol. The van der Waals surface area contributed by atoms with E-state index in [0.29, 0.717) is 30.1 Å². The molecule has 9 nitrogen and oxygen atoms in total. The first kappa shape index (κ1) is 28.1.